The fourth-order valence-corrected chi connectivity index (χ4v) is 3.84. The molecule has 1 aromatic heterocycles. The van der Waals surface area contributed by atoms with Gasteiger partial charge in [0, 0.05) is 24.5 Å². The molecule has 24 heavy (non-hydrogen) atoms. The first-order chi connectivity index (χ1) is 11.7. The molecule has 0 amide bonds. The van der Waals surface area contributed by atoms with Crippen LogP contribution in [0.4, 0.5) is 10.1 Å². The Hall–Kier alpha value is -2.10. The lowest BCUT2D eigenvalue weighted by atomic mass is 10.1. The summed E-state index contributed by atoms with van der Waals surface area (Å²) in [5.74, 6) is -0.332. The molecule has 0 aliphatic carbocycles. The zero-order valence-electron chi connectivity index (χ0n) is 13.2. The minimum atomic E-state index is -0.332. The second kappa shape index (κ2) is 7.65. The number of pyridine rings is 1. The van der Waals surface area contributed by atoms with Crippen LogP contribution in [0.3, 0.4) is 0 Å². The molecule has 2 heterocycles. The number of hydrogen-bond acceptors (Lipinski definition) is 5. The van der Waals surface area contributed by atoms with Crippen LogP contribution < -0.4 is 4.90 Å². The third-order valence-corrected chi connectivity index (χ3v) is 5.41. The van der Waals surface area contributed by atoms with E-state index in [1.54, 1.807) is 30.1 Å². The molecule has 0 unspecified atom stereocenters. The number of rotatable bonds is 4. The van der Waals surface area contributed by atoms with Gasteiger partial charge in [0.25, 0.3) is 0 Å². The molecule has 0 radical (unpaired) electrons. The minimum absolute atomic E-state index is 0.00644. The summed E-state index contributed by atoms with van der Waals surface area (Å²) in [6.45, 7) is 1.58. The average molecular weight is 343 g/mol. The molecule has 2 aromatic rings. The Labute approximate surface area is 144 Å². The zero-order valence-corrected chi connectivity index (χ0v) is 14.0. The van der Waals surface area contributed by atoms with Crippen LogP contribution in [-0.2, 0) is 6.61 Å². The molecule has 0 spiro atoms. The number of hydrogen-bond donors (Lipinski definition) is 1. The molecule has 3 rings (SSSR count). The van der Waals surface area contributed by atoms with Crippen LogP contribution in [0.5, 0.6) is 0 Å². The normalized spacial score (nSPS) is 15.3. The molecule has 1 fully saturated rings. The standard InChI is InChI=1S/C18H18FN3OS/c19-16-9-13(10-20)1-3-17(16)22-7-5-15(6-8-22)24-18-4-2-14(12-23)11-21-18/h1-4,9,11,15,23H,5-8,12H2. The van der Waals surface area contributed by atoms with Crippen LogP contribution >= 0.6 is 11.8 Å². The van der Waals surface area contributed by atoms with Crippen LogP contribution in [0.2, 0.25) is 0 Å². The van der Waals surface area contributed by atoms with Crippen molar-refractivity contribution in [2.75, 3.05) is 18.0 Å². The van der Waals surface area contributed by atoms with E-state index in [9.17, 15) is 4.39 Å². The number of aliphatic hydroxyl groups excluding tert-OH is 1. The fraction of sp³-hybridized carbons (Fsp3) is 0.333. The average Bonchev–Trinajstić information content (AvgIpc) is 2.63. The Balaban J connectivity index is 1.58. The maximum absolute atomic E-state index is 14.1. The van der Waals surface area contributed by atoms with Crippen molar-refractivity contribution >= 4 is 17.4 Å². The molecule has 6 heteroatoms. The summed E-state index contributed by atoms with van der Waals surface area (Å²) < 4.78 is 14.1. The Bertz CT molecular complexity index is 737. The zero-order chi connectivity index (χ0) is 16.9. The molecule has 1 aliphatic heterocycles. The summed E-state index contributed by atoms with van der Waals surface area (Å²) in [6, 6.07) is 10.4. The Morgan fingerprint density at radius 1 is 1.29 bits per heavy atom. The molecule has 1 aromatic carbocycles. The first-order valence-corrected chi connectivity index (χ1v) is 8.74. The predicted octanol–water partition coefficient (Wildman–Crippen LogP) is 3.35. The maximum Gasteiger partial charge on any atom is 0.147 e. The van der Waals surface area contributed by atoms with Crippen molar-refractivity contribution in [1.82, 2.24) is 4.98 Å². The summed E-state index contributed by atoms with van der Waals surface area (Å²) in [5, 5.41) is 19.3. The number of benzene rings is 1. The predicted molar refractivity (Wildman–Crippen MR) is 92.4 cm³/mol. The van der Waals surface area contributed by atoms with Crippen LogP contribution in [0.15, 0.2) is 41.6 Å². The van der Waals surface area contributed by atoms with Gasteiger partial charge in [0.05, 0.1) is 29.0 Å². The Morgan fingerprint density at radius 3 is 2.67 bits per heavy atom. The van der Waals surface area contributed by atoms with Crippen LogP contribution in [0, 0.1) is 17.1 Å². The second-order valence-electron chi connectivity index (χ2n) is 5.75. The topological polar surface area (TPSA) is 60.2 Å². The third-order valence-electron chi connectivity index (χ3n) is 4.13. The van der Waals surface area contributed by atoms with E-state index in [4.69, 9.17) is 10.4 Å². The van der Waals surface area contributed by atoms with E-state index < -0.39 is 0 Å². The van der Waals surface area contributed by atoms with Gasteiger partial charge in [0.2, 0.25) is 0 Å². The summed E-state index contributed by atoms with van der Waals surface area (Å²) in [5.41, 5.74) is 1.73. The van der Waals surface area contributed by atoms with Gasteiger partial charge in [-0.05, 0) is 42.7 Å². The number of nitrogens with zero attached hydrogens (tertiary/aromatic N) is 3. The fourth-order valence-electron chi connectivity index (χ4n) is 2.79. The smallest absolute Gasteiger partial charge is 0.147 e. The van der Waals surface area contributed by atoms with Gasteiger partial charge in [-0.3, -0.25) is 0 Å². The van der Waals surface area contributed by atoms with Crippen LogP contribution in [0.1, 0.15) is 24.0 Å². The number of anilines is 1. The van der Waals surface area contributed by atoms with Crippen molar-refractivity contribution < 1.29 is 9.50 Å². The van der Waals surface area contributed by atoms with E-state index >= 15 is 0 Å². The highest BCUT2D eigenvalue weighted by Crippen LogP contribution is 2.32. The SMILES string of the molecule is N#Cc1ccc(N2CCC(Sc3ccc(CO)cn3)CC2)c(F)c1. The molecule has 0 atom stereocenters. The van der Waals surface area contributed by atoms with Crippen molar-refractivity contribution in [1.29, 1.82) is 5.26 Å². The van der Waals surface area contributed by atoms with E-state index in [0.29, 0.717) is 16.5 Å². The van der Waals surface area contributed by atoms with Gasteiger partial charge in [-0.1, -0.05) is 6.07 Å². The van der Waals surface area contributed by atoms with Gasteiger partial charge in [-0.2, -0.15) is 5.26 Å². The van der Waals surface area contributed by atoms with Gasteiger partial charge in [-0.25, -0.2) is 9.37 Å². The second-order valence-corrected chi connectivity index (χ2v) is 7.07. The third kappa shape index (κ3) is 3.86. The van der Waals surface area contributed by atoms with Crippen molar-refractivity contribution in [3.05, 3.63) is 53.5 Å². The monoisotopic (exact) mass is 343 g/mol. The van der Waals surface area contributed by atoms with E-state index in [2.05, 4.69) is 4.98 Å². The van der Waals surface area contributed by atoms with Gasteiger partial charge in [0.15, 0.2) is 0 Å². The van der Waals surface area contributed by atoms with Gasteiger partial charge < -0.3 is 10.0 Å². The van der Waals surface area contributed by atoms with Gasteiger partial charge in [0.1, 0.15) is 5.82 Å². The first-order valence-electron chi connectivity index (χ1n) is 7.86. The summed E-state index contributed by atoms with van der Waals surface area (Å²) >= 11 is 1.74. The quantitative estimate of drug-likeness (QED) is 0.922. The lowest BCUT2D eigenvalue weighted by molar-refractivity contribution is 0.281. The van der Waals surface area contributed by atoms with E-state index in [-0.39, 0.29) is 12.4 Å². The summed E-state index contributed by atoms with van der Waals surface area (Å²) in [6.07, 6.45) is 3.60. The van der Waals surface area contributed by atoms with Crippen LogP contribution in [-0.4, -0.2) is 28.4 Å². The van der Waals surface area contributed by atoms with E-state index in [1.807, 2.05) is 23.1 Å². The van der Waals surface area contributed by atoms with Gasteiger partial charge >= 0.3 is 0 Å². The Kier molecular flexibility index (Phi) is 5.34. The Morgan fingerprint density at radius 2 is 2.08 bits per heavy atom. The van der Waals surface area contributed by atoms with Crippen molar-refractivity contribution in [2.24, 2.45) is 0 Å². The van der Waals surface area contributed by atoms with Crippen LogP contribution in [0.25, 0.3) is 0 Å². The maximum atomic E-state index is 14.1. The number of nitriles is 1. The molecular formula is C18H18FN3OS. The number of piperidine rings is 1. The molecule has 124 valence electrons. The number of halogens is 1. The number of aromatic nitrogens is 1. The minimum Gasteiger partial charge on any atom is -0.392 e. The number of aliphatic hydroxyl groups is 1. The highest BCUT2D eigenvalue weighted by Gasteiger charge is 2.22. The molecule has 1 aliphatic rings. The van der Waals surface area contributed by atoms with Gasteiger partial charge in [-0.15, -0.1) is 11.8 Å². The lowest BCUT2D eigenvalue weighted by Crippen LogP contribution is -2.35. The summed E-state index contributed by atoms with van der Waals surface area (Å²) in [4.78, 5) is 6.39. The molecule has 0 bridgehead atoms. The molecule has 1 saturated heterocycles. The molecular weight excluding hydrogens is 325 g/mol. The number of thioether (sulfide) groups is 1. The highest BCUT2D eigenvalue weighted by molar-refractivity contribution is 7.99. The lowest BCUT2D eigenvalue weighted by Gasteiger charge is -2.33. The van der Waals surface area contributed by atoms with Crippen molar-refractivity contribution in [3.63, 3.8) is 0 Å². The first kappa shape index (κ1) is 16.7. The van der Waals surface area contributed by atoms with Crippen molar-refractivity contribution in [3.8, 4) is 6.07 Å². The van der Waals surface area contributed by atoms with E-state index in [0.717, 1.165) is 36.5 Å². The summed E-state index contributed by atoms with van der Waals surface area (Å²) in [7, 11) is 0. The van der Waals surface area contributed by atoms with Crippen molar-refractivity contribution in [2.45, 2.75) is 29.7 Å². The highest BCUT2D eigenvalue weighted by atomic mass is 32.2. The molecule has 4 nitrogen and oxygen atoms in total. The van der Waals surface area contributed by atoms with E-state index in [1.165, 1.54) is 6.07 Å². The molecule has 0 saturated carbocycles. The molecule has 1 N–H and O–H groups in total. The largest absolute Gasteiger partial charge is 0.392 e.